The van der Waals surface area contributed by atoms with Gasteiger partial charge in [0.15, 0.2) is 0 Å². The van der Waals surface area contributed by atoms with Crippen LogP contribution < -0.4 is 15.4 Å². The normalized spacial score (nSPS) is 18.4. The van der Waals surface area contributed by atoms with E-state index >= 15 is 0 Å². The van der Waals surface area contributed by atoms with Crippen LogP contribution in [0.1, 0.15) is 6.42 Å². The highest BCUT2D eigenvalue weighted by Gasteiger charge is 2.25. The minimum absolute atomic E-state index is 0.212. The Morgan fingerprint density at radius 3 is 2.78 bits per heavy atom. The summed E-state index contributed by atoms with van der Waals surface area (Å²) in [6.07, 6.45) is 1.22. The zero-order valence-corrected chi connectivity index (χ0v) is 15.8. The molecule has 1 saturated heterocycles. The highest BCUT2D eigenvalue weighted by molar-refractivity contribution is 6.76. The summed E-state index contributed by atoms with van der Waals surface area (Å²) in [4.78, 5) is 2.28. The molecule has 1 aliphatic rings. The van der Waals surface area contributed by atoms with E-state index in [1.54, 1.807) is 7.11 Å². The van der Waals surface area contributed by atoms with Gasteiger partial charge in [-0.3, -0.25) is 0 Å². The van der Waals surface area contributed by atoms with Gasteiger partial charge < -0.3 is 24.8 Å². The second kappa shape index (κ2) is 8.03. The Bertz CT molecular complexity index is 505. The van der Waals surface area contributed by atoms with Gasteiger partial charge in [0, 0.05) is 39.5 Å². The highest BCUT2D eigenvalue weighted by Crippen LogP contribution is 2.33. The number of rotatable bonds is 8. The molecule has 0 amide bonds. The van der Waals surface area contributed by atoms with Gasteiger partial charge in [-0.2, -0.15) is 0 Å². The molecule has 1 aromatic carbocycles. The first-order chi connectivity index (χ1) is 10.9. The third-order valence-electron chi connectivity index (χ3n) is 4.07. The van der Waals surface area contributed by atoms with Crippen molar-refractivity contribution in [1.82, 2.24) is 0 Å². The van der Waals surface area contributed by atoms with Gasteiger partial charge in [0.05, 0.1) is 18.9 Å². The van der Waals surface area contributed by atoms with Gasteiger partial charge in [0.25, 0.3) is 0 Å². The van der Waals surface area contributed by atoms with E-state index in [2.05, 4.69) is 24.5 Å². The predicted octanol–water partition coefficient (Wildman–Crippen LogP) is 3.19. The molecule has 130 valence electrons. The number of ether oxygens (including phenoxy) is 3. The molecule has 0 saturated carbocycles. The van der Waals surface area contributed by atoms with Crippen molar-refractivity contribution < 1.29 is 14.2 Å². The molecule has 0 radical (unpaired) electrons. The molecule has 2 rings (SSSR count). The summed E-state index contributed by atoms with van der Waals surface area (Å²) in [5, 5.41) is 0. The quantitative estimate of drug-likeness (QED) is 0.341. The van der Waals surface area contributed by atoms with Crippen LogP contribution in [0.15, 0.2) is 18.2 Å². The molecule has 1 fully saturated rings. The number of hydrogen-bond acceptors (Lipinski definition) is 5. The lowest BCUT2D eigenvalue weighted by atomic mass is 10.2. The van der Waals surface area contributed by atoms with E-state index in [-0.39, 0.29) is 6.10 Å². The SMILES string of the molecule is COc1cc(N)ccc1N1CC[C@@H](OCOCC[Si](C)(C)C)C1. The van der Waals surface area contributed by atoms with E-state index in [4.69, 9.17) is 19.9 Å². The smallest absolute Gasteiger partial charge is 0.147 e. The molecule has 1 aliphatic heterocycles. The number of nitrogens with two attached hydrogens (primary N) is 1. The van der Waals surface area contributed by atoms with Gasteiger partial charge in [-0.15, -0.1) is 0 Å². The Hall–Kier alpha value is -1.24. The molecule has 0 spiro atoms. The zero-order chi connectivity index (χ0) is 16.9. The summed E-state index contributed by atoms with van der Waals surface area (Å²) in [5.41, 5.74) is 7.61. The van der Waals surface area contributed by atoms with Crippen LogP contribution in [0.25, 0.3) is 0 Å². The molecule has 1 heterocycles. The van der Waals surface area contributed by atoms with Gasteiger partial charge in [-0.25, -0.2) is 0 Å². The minimum Gasteiger partial charge on any atom is -0.495 e. The third-order valence-corrected chi connectivity index (χ3v) is 5.78. The Kier molecular flexibility index (Phi) is 6.32. The van der Waals surface area contributed by atoms with Crippen LogP contribution in [0.4, 0.5) is 11.4 Å². The van der Waals surface area contributed by atoms with Crippen LogP contribution in [0.2, 0.25) is 25.7 Å². The van der Waals surface area contributed by atoms with E-state index in [1.165, 1.54) is 6.04 Å². The van der Waals surface area contributed by atoms with Crippen LogP contribution in [0.3, 0.4) is 0 Å². The van der Waals surface area contributed by atoms with E-state index in [0.29, 0.717) is 12.5 Å². The first-order valence-corrected chi connectivity index (χ1v) is 12.0. The van der Waals surface area contributed by atoms with Crippen molar-refractivity contribution in [2.24, 2.45) is 0 Å². The molecular formula is C17H30N2O3Si. The van der Waals surface area contributed by atoms with Crippen LogP contribution in [-0.2, 0) is 9.47 Å². The fourth-order valence-corrected chi connectivity index (χ4v) is 3.38. The Balaban J connectivity index is 1.76. The molecule has 23 heavy (non-hydrogen) atoms. The monoisotopic (exact) mass is 338 g/mol. The maximum atomic E-state index is 5.85. The summed E-state index contributed by atoms with van der Waals surface area (Å²) >= 11 is 0. The van der Waals surface area contributed by atoms with Gasteiger partial charge in [0.2, 0.25) is 0 Å². The summed E-state index contributed by atoms with van der Waals surface area (Å²) in [7, 11) is 0.653. The maximum Gasteiger partial charge on any atom is 0.147 e. The molecule has 1 aromatic rings. The predicted molar refractivity (Wildman–Crippen MR) is 98.1 cm³/mol. The highest BCUT2D eigenvalue weighted by atomic mass is 28.3. The van der Waals surface area contributed by atoms with Gasteiger partial charge in [-0.1, -0.05) is 19.6 Å². The maximum absolute atomic E-state index is 5.85. The number of anilines is 2. The lowest BCUT2D eigenvalue weighted by Gasteiger charge is -2.21. The van der Waals surface area contributed by atoms with Crippen LogP contribution >= 0.6 is 0 Å². The number of benzene rings is 1. The van der Waals surface area contributed by atoms with Crippen LogP contribution in [0.5, 0.6) is 5.75 Å². The van der Waals surface area contributed by atoms with Crippen molar-refractivity contribution in [3.8, 4) is 5.75 Å². The molecule has 6 heteroatoms. The van der Waals surface area contributed by atoms with Crippen molar-refractivity contribution in [3.63, 3.8) is 0 Å². The summed E-state index contributed by atoms with van der Waals surface area (Å²) in [5.74, 6) is 0.817. The summed E-state index contributed by atoms with van der Waals surface area (Å²) in [6, 6.07) is 6.96. The Morgan fingerprint density at radius 2 is 2.09 bits per heavy atom. The number of nitrogens with zero attached hydrogens (tertiary/aromatic N) is 1. The lowest BCUT2D eigenvalue weighted by molar-refractivity contribution is -0.0791. The Labute approximate surface area is 140 Å². The minimum atomic E-state index is -1.02. The Morgan fingerprint density at radius 1 is 1.30 bits per heavy atom. The zero-order valence-electron chi connectivity index (χ0n) is 14.8. The molecule has 0 aromatic heterocycles. The van der Waals surface area contributed by atoms with Gasteiger partial charge in [0.1, 0.15) is 12.5 Å². The average molecular weight is 339 g/mol. The average Bonchev–Trinajstić information content (AvgIpc) is 2.94. The van der Waals surface area contributed by atoms with Crippen molar-refractivity contribution >= 4 is 19.4 Å². The third kappa shape index (κ3) is 5.71. The molecule has 0 unspecified atom stereocenters. The largest absolute Gasteiger partial charge is 0.495 e. The van der Waals surface area contributed by atoms with Crippen LogP contribution in [0, 0.1) is 0 Å². The van der Waals surface area contributed by atoms with Crippen molar-refractivity contribution in [3.05, 3.63) is 18.2 Å². The number of hydrogen-bond donors (Lipinski definition) is 1. The van der Waals surface area contributed by atoms with Gasteiger partial charge >= 0.3 is 0 Å². The fraction of sp³-hybridized carbons (Fsp3) is 0.647. The molecule has 1 atom stereocenters. The summed E-state index contributed by atoms with van der Waals surface area (Å²) in [6.45, 7) is 10.1. The number of methoxy groups -OCH3 is 1. The molecule has 2 N–H and O–H groups in total. The number of nitrogen functional groups attached to an aromatic ring is 1. The topological polar surface area (TPSA) is 57.0 Å². The molecule has 0 bridgehead atoms. The second-order valence-corrected chi connectivity index (χ2v) is 12.9. The lowest BCUT2D eigenvalue weighted by Crippen LogP contribution is -2.25. The van der Waals surface area contributed by atoms with Crippen molar-refractivity contribution in [2.45, 2.75) is 38.2 Å². The fourth-order valence-electron chi connectivity index (χ4n) is 2.62. The van der Waals surface area contributed by atoms with E-state index < -0.39 is 8.07 Å². The standard InChI is InChI=1S/C17H30N2O3Si/c1-20-17-11-14(18)5-6-16(17)19-8-7-15(12-19)22-13-21-9-10-23(2,3)4/h5-6,11,15H,7-10,12-13,18H2,1-4H3/t15-/m1/s1. The first kappa shape index (κ1) is 18.1. The first-order valence-electron chi connectivity index (χ1n) is 8.27. The van der Waals surface area contributed by atoms with Gasteiger partial charge in [-0.05, 0) is 24.6 Å². The molecular weight excluding hydrogens is 308 g/mol. The van der Waals surface area contributed by atoms with E-state index in [0.717, 1.165) is 37.6 Å². The van der Waals surface area contributed by atoms with Crippen LogP contribution in [-0.4, -0.2) is 47.8 Å². The van der Waals surface area contributed by atoms with Crippen molar-refractivity contribution in [1.29, 1.82) is 0 Å². The van der Waals surface area contributed by atoms with Crippen molar-refractivity contribution in [2.75, 3.05) is 44.2 Å². The van der Waals surface area contributed by atoms with E-state index in [1.807, 2.05) is 18.2 Å². The summed E-state index contributed by atoms with van der Waals surface area (Å²) < 4.78 is 16.9. The molecule has 0 aliphatic carbocycles. The molecule has 5 nitrogen and oxygen atoms in total. The second-order valence-electron chi connectivity index (χ2n) is 7.29. The van der Waals surface area contributed by atoms with E-state index in [9.17, 15) is 0 Å².